The predicted octanol–water partition coefficient (Wildman–Crippen LogP) is 5.88. The lowest BCUT2D eigenvalue weighted by atomic mass is 10.0. The molecule has 1 saturated heterocycles. The highest BCUT2D eigenvalue weighted by Crippen LogP contribution is 2.33. The smallest absolute Gasteiger partial charge is 0.333 e. The number of amides is 1. The highest BCUT2D eigenvalue weighted by atomic mass is 35.5. The zero-order valence-corrected chi connectivity index (χ0v) is 25.2. The van der Waals surface area contributed by atoms with Crippen molar-refractivity contribution in [1.29, 1.82) is 0 Å². The number of carbonyl (C=O) groups excluding carboxylic acids is 2. The van der Waals surface area contributed by atoms with Gasteiger partial charge in [0.15, 0.2) is 18.7 Å². The second kappa shape index (κ2) is 14.3. The van der Waals surface area contributed by atoms with Crippen molar-refractivity contribution in [3.05, 3.63) is 87.9 Å². The number of halogens is 1. The Labute approximate surface area is 261 Å². The zero-order valence-electron chi connectivity index (χ0n) is 24.5. The van der Waals surface area contributed by atoms with Crippen LogP contribution in [0.25, 0.3) is 11.1 Å². The minimum Gasteiger partial charge on any atom is -0.489 e. The largest absolute Gasteiger partial charge is 0.489 e. The summed E-state index contributed by atoms with van der Waals surface area (Å²) < 4.78 is 15.8. The number of methoxy groups -OCH3 is 1. The van der Waals surface area contributed by atoms with Gasteiger partial charge in [0, 0.05) is 43.7 Å². The van der Waals surface area contributed by atoms with Crippen molar-refractivity contribution >= 4 is 29.8 Å². The first-order valence-electron chi connectivity index (χ1n) is 14.8. The van der Waals surface area contributed by atoms with Crippen molar-refractivity contribution in [2.45, 2.75) is 76.2 Å². The predicted molar refractivity (Wildman–Crippen MR) is 164 cm³/mol. The first-order chi connectivity index (χ1) is 21.2. The van der Waals surface area contributed by atoms with Crippen LogP contribution < -0.4 is 4.74 Å². The number of aldehydes is 1. The molecular weight excluding hydrogens is 586 g/mol. The van der Waals surface area contributed by atoms with Gasteiger partial charge < -0.3 is 29.3 Å². The summed E-state index contributed by atoms with van der Waals surface area (Å²) in [7, 11) is 1.42. The van der Waals surface area contributed by atoms with Gasteiger partial charge in [0.1, 0.15) is 12.4 Å². The Morgan fingerprint density at radius 2 is 1.84 bits per heavy atom. The molecule has 0 radical (unpaired) electrons. The number of hydrogen-bond acceptors (Lipinski definition) is 7. The van der Waals surface area contributed by atoms with E-state index in [1.807, 2.05) is 47.4 Å². The lowest BCUT2D eigenvalue weighted by Gasteiger charge is -2.29. The van der Waals surface area contributed by atoms with Gasteiger partial charge in [-0.2, -0.15) is 0 Å². The Bertz CT molecular complexity index is 1500. The van der Waals surface area contributed by atoms with Gasteiger partial charge in [-0.1, -0.05) is 48.7 Å². The number of aliphatic hydroxyl groups excluding tert-OH is 1. The van der Waals surface area contributed by atoms with Crippen LogP contribution in [0.5, 0.6) is 5.75 Å². The third-order valence-corrected chi connectivity index (χ3v) is 8.61. The first-order valence-corrected chi connectivity index (χ1v) is 15.1. The molecule has 3 aromatic rings. The van der Waals surface area contributed by atoms with Crippen molar-refractivity contribution in [2.24, 2.45) is 0 Å². The number of carbonyl (C=O) groups is 3. The van der Waals surface area contributed by atoms with Crippen LogP contribution in [0.15, 0.2) is 60.7 Å². The van der Waals surface area contributed by atoms with Crippen LogP contribution >= 0.6 is 11.6 Å². The van der Waals surface area contributed by atoms with Gasteiger partial charge in [-0.25, -0.2) is 4.79 Å². The van der Waals surface area contributed by atoms with Crippen LogP contribution in [-0.4, -0.2) is 64.9 Å². The molecule has 2 fully saturated rings. The fourth-order valence-electron chi connectivity index (χ4n) is 5.91. The molecule has 2 N–H and O–H groups in total. The summed E-state index contributed by atoms with van der Waals surface area (Å²) in [5.74, 6) is -0.135. The van der Waals surface area contributed by atoms with E-state index < -0.39 is 24.5 Å². The number of ether oxygens (including phenoxy) is 3. The number of fused-ring (bicyclic) bond motifs is 1. The molecule has 1 amide bonds. The van der Waals surface area contributed by atoms with E-state index in [2.05, 4.69) is 6.07 Å². The maximum absolute atomic E-state index is 12.8. The summed E-state index contributed by atoms with van der Waals surface area (Å²) in [6, 6.07) is 19.6. The second-order valence-electron chi connectivity index (χ2n) is 11.3. The van der Waals surface area contributed by atoms with Crippen LogP contribution in [0.4, 0.5) is 0 Å². The van der Waals surface area contributed by atoms with Gasteiger partial charge in [0.25, 0.3) is 5.91 Å². The molecule has 2 aliphatic heterocycles. The molecule has 3 aromatic carbocycles. The van der Waals surface area contributed by atoms with E-state index in [9.17, 15) is 19.5 Å². The van der Waals surface area contributed by atoms with Gasteiger partial charge in [-0.05, 0) is 71.5 Å². The first kappa shape index (κ1) is 31.7. The van der Waals surface area contributed by atoms with Crippen LogP contribution in [-0.2, 0) is 27.4 Å². The SMILES string of the molecule is COC1CC(O)CC(C(=O)O)O1.O=Cc1cc(-c2cccc(COc3ccc4c(c3)CN(C3CCCC3)C4=O)c2)ccc1Cl. The summed E-state index contributed by atoms with van der Waals surface area (Å²) in [5, 5.41) is 18.2. The van der Waals surface area contributed by atoms with Crippen LogP contribution in [0.2, 0.25) is 5.02 Å². The highest BCUT2D eigenvalue weighted by molar-refractivity contribution is 6.33. The van der Waals surface area contributed by atoms with Gasteiger partial charge in [-0.15, -0.1) is 0 Å². The quantitative estimate of drug-likeness (QED) is 0.299. The number of aliphatic carboxylic acids is 1. The Morgan fingerprint density at radius 3 is 2.57 bits per heavy atom. The number of benzene rings is 3. The molecule has 0 bridgehead atoms. The standard InChI is InChI=1S/C27H24ClNO3.C7H12O5/c28-26-11-8-20(13-22(26)16-30)19-5-3-4-18(12-19)17-32-24-9-10-25-21(14-24)15-29(27(25)31)23-6-1-2-7-23;1-11-6-3-4(8)2-5(12-6)7(9)10/h3-5,8-14,16,23H,1-2,6-7,15,17H2;4-6,8H,2-3H2,1H3,(H,9,10). The fourth-order valence-corrected chi connectivity index (χ4v) is 6.07. The van der Waals surface area contributed by atoms with E-state index in [0.29, 0.717) is 36.2 Å². The lowest BCUT2D eigenvalue weighted by molar-refractivity contribution is -0.213. The third kappa shape index (κ3) is 7.47. The van der Waals surface area contributed by atoms with E-state index in [4.69, 9.17) is 30.9 Å². The Balaban J connectivity index is 0.000000270. The Morgan fingerprint density at radius 1 is 1.07 bits per heavy atom. The highest BCUT2D eigenvalue weighted by Gasteiger charge is 2.34. The summed E-state index contributed by atoms with van der Waals surface area (Å²) in [6.07, 6.45) is 3.69. The minimum atomic E-state index is -1.06. The van der Waals surface area contributed by atoms with E-state index in [1.165, 1.54) is 20.0 Å². The van der Waals surface area contributed by atoms with E-state index in [-0.39, 0.29) is 12.3 Å². The minimum absolute atomic E-state index is 0.134. The number of rotatable bonds is 8. The third-order valence-electron chi connectivity index (χ3n) is 8.27. The van der Waals surface area contributed by atoms with Gasteiger partial charge in [0.05, 0.1) is 11.1 Å². The summed E-state index contributed by atoms with van der Waals surface area (Å²) in [6.45, 7) is 1.10. The molecule has 44 heavy (non-hydrogen) atoms. The molecule has 232 valence electrons. The number of nitrogens with zero attached hydrogens (tertiary/aromatic N) is 1. The molecule has 6 rings (SSSR count). The van der Waals surface area contributed by atoms with Gasteiger partial charge in [0.2, 0.25) is 0 Å². The molecule has 3 atom stereocenters. The lowest BCUT2D eigenvalue weighted by Crippen LogP contribution is -2.40. The van der Waals surface area contributed by atoms with Gasteiger partial charge >= 0.3 is 5.97 Å². The number of carboxylic acid groups (broad SMARTS) is 1. The average molecular weight is 622 g/mol. The fraction of sp³-hybridized carbons (Fsp3) is 0.382. The number of hydrogen-bond donors (Lipinski definition) is 2. The normalized spacial score (nSPS) is 21.4. The van der Waals surface area contributed by atoms with E-state index in [1.54, 1.807) is 12.1 Å². The van der Waals surface area contributed by atoms with Crippen LogP contribution in [0.1, 0.15) is 70.4 Å². The van der Waals surface area contributed by atoms with E-state index >= 15 is 0 Å². The number of aliphatic hydroxyl groups is 1. The monoisotopic (exact) mass is 621 g/mol. The maximum atomic E-state index is 12.8. The van der Waals surface area contributed by atoms with E-state index in [0.717, 1.165) is 52.7 Å². The second-order valence-corrected chi connectivity index (χ2v) is 11.7. The summed E-state index contributed by atoms with van der Waals surface area (Å²) >= 11 is 6.05. The summed E-state index contributed by atoms with van der Waals surface area (Å²) in [4.78, 5) is 36.5. The topological polar surface area (TPSA) is 123 Å². The Hall–Kier alpha value is -3.76. The molecule has 3 unspecified atom stereocenters. The van der Waals surface area contributed by atoms with Crippen molar-refractivity contribution < 1.29 is 38.8 Å². The molecule has 1 aliphatic carbocycles. The maximum Gasteiger partial charge on any atom is 0.333 e. The van der Waals surface area contributed by atoms with Crippen molar-refractivity contribution in [3.63, 3.8) is 0 Å². The zero-order chi connectivity index (χ0) is 31.2. The van der Waals surface area contributed by atoms with Crippen LogP contribution in [0, 0.1) is 0 Å². The van der Waals surface area contributed by atoms with Crippen molar-refractivity contribution in [3.8, 4) is 16.9 Å². The molecule has 1 saturated carbocycles. The average Bonchev–Trinajstić information content (AvgIpc) is 3.68. The summed E-state index contributed by atoms with van der Waals surface area (Å²) in [5.41, 5.74) is 5.29. The van der Waals surface area contributed by atoms with Crippen molar-refractivity contribution in [1.82, 2.24) is 4.90 Å². The van der Waals surface area contributed by atoms with Crippen molar-refractivity contribution in [2.75, 3.05) is 7.11 Å². The number of carboxylic acids is 1. The molecule has 9 nitrogen and oxygen atoms in total. The van der Waals surface area contributed by atoms with Gasteiger partial charge in [-0.3, -0.25) is 9.59 Å². The molecule has 10 heteroatoms. The molecule has 2 heterocycles. The molecule has 0 spiro atoms. The molecule has 0 aromatic heterocycles. The Kier molecular flexibility index (Phi) is 10.3. The van der Waals surface area contributed by atoms with Crippen LogP contribution in [0.3, 0.4) is 0 Å². The molecule has 3 aliphatic rings. The molecular formula is C34H36ClNO8.